The number of pyridine rings is 2. The van der Waals surface area contributed by atoms with Gasteiger partial charge in [0, 0.05) is 32.3 Å². The standard InChI is InChI=1S/C30H20N2Si/c1-4-11-25-20(8-1)23(15-18-31-25)30(24-16-19-32-26-12-5-2-9-21(24)26)17-7-14-28-29(30)22-10-3-6-13-27(22)33-28/h1-19,33H. The molecule has 33 heavy (non-hydrogen) atoms. The van der Waals surface area contributed by atoms with E-state index in [9.17, 15) is 0 Å². The first-order valence-corrected chi connectivity index (χ1v) is 12.4. The van der Waals surface area contributed by atoms with Crippen molar-refractivity contribution >= 4 is 36.5 Å². The Balaban J connectivity index is 1.73. The van der Waals surface area contributed by atoms with Gasteiger partial charge in [0.05, 0.1) is 16.4 Å². The van der Waals surface area contributed by atoms with E-state index in [0.29, 0.717) is 0 Å². The van der Waals surface area contributed by atoms with E-state index in [2.05, 4.69) is 103 Å². The van der Waals surface area contributed by atoms with E-state index in [1.165, 1.54) is 42.7 Å². The lowest BCUT2D eigenvalue weighted by molar-refractivity contribution is 0.846. The highest BCUT2D eigenvalue weighted by Crippen LogP contribution is 2.50. The summed E-state index contributed by atoms with van der Waals surface area (Å²) >= 11 is 0. The van der Waals surface area contributed by atoms with E-state index in [0.717, 1.165) is 11.0 Å². The van der Waals surface area contributed by atoms with Crippen LogP contribution < -0.4 is 5.22 Å². The van der Waals surface area contributed by atoms with E-state index in [1.54, 1.807) is 0 Å². The van der Waals surface area contributed by atoms with Gasteiger partial charge in [-0.25, -0.2) is 0 Å². The molecule has 2 nitrogen and oxygen atoms in total. The minimum absolute atomic E-state index is 0.0598. The summed E-state index contributed by atoms with van der Waals surface area (Å²) in [6.45, 7) is 0. The van der Waals surface area contributed by atoms with Crippen molar-refractivity contribution in [1.29, 1.82) is 0 Å². The van der Waals surface area contributed by atoms with Crippen LogP contribution in [-0.4, -0.2) is 19.1 Å². The molecule has 0 saturated carbocycles. The summed E-state index contributed by atoms with van der Waals surface area (Å²) in [5.74, 6) is 0. The molecule has 0 bridgehead atoms. The zero-order chi connectivity index (χ0) is 21.8. The van der Waals surface area contributed by atoms with Gasteiger partial charge in [-0.1, -0.05) is 78.9 Å². The molecule has 3 aromatic carbocycles. The van der Waals surface area contributed by atoms with E-state index >= 15 is 0 Å². The van der Waals surface area contributed by atoms with E-state index in [1.807, 2.05) is 12.4 Å². The molecule has 0 N–H and O–H groups in total. The molecule has 1 aliphatic carbocycles. The topological polar surface area (TPSA) is 25.8 Å². The monoisotopic (exact) mass is 436 g/mol. The van der Waals surface area contributed by atoms with Gasteiger partial charge in [-0.3, -0.25) is 9.97 Å². The Morgan fingerprint density at radius 1 is 0.636 bits per heavy atom. The second-order valence-electron chi connectivity index (χ2n) is 8.65. The number of benzene rings is 3. The van der Waals surface area contributed by atoms with Gasteiger partial charge >= 0.3 is 0 Å². The quantitative estimate of drug-likeness (QED) is 0.361. The minimum Gasteiger partial charge on any atom is -0.256 e. The molecule has 0 fully saturated rings. The third-order valence-electron chi connectivity index (χ3n) is 6.99. The average molecular weight is 437 g/mol. The van der Waals surface area contributed by atoms with E-state index in [4.69, 9.17) is 9.97 Å². The van der Waals surface area contributed by atoms with Crippen LogP contribution in [0, 0.1) is 4.81 Å². The first kappa shape index (κ1) is 18.6. The molecule has 154 valence electrons. The molecule has 0 unspecified atom stereocenters. The maximum absolute atomic E-state index is 4.70. The van der Waals surface area contributed by atoms with Gasteiger partial charge in [-0.2, -0.15) is 0 Å². The summed E-state index contributed by atoms with van der Waals surface area (Å²) in [5.41, 5.74) is 5.60. The Kier molecular flexibility index (Phi) is 3.96. The molecule has 0 atom stereocenters. The molecule has 0 spiro atoms. The predicted molar refractivity (Wildman–Crippen MR) is 137 cm³/mol. The minimum atomic E-state index is -0.422. The van der Waals surface area contributed by atoms with Crippen molar-refractivity contribution in [3.05, 3.63) is 142 Å². The highest BCUT2D eigenvalue weighted by Gasteiger charge is 2.42. The van der Waals surface area contributed by atoms with Crippen molar-refractivity contribution in [1.82, 2.24) is 9.97 Å². The van der Waals surface area contributed by atoms with Crippen LogP contribution in [0.25, 0.3) is 27.4 Å². The largest absolute Gasteiger partial charge is 0.256 e. The Bertz CT molecular complexity index is 1690. The molecule has 3 heterocycles. The smallest absolute Gasteiger partial charge is 0.0705 e. The van der Waals surface area contributed by atoms with Gasteiger partial charge in [0.2, 0.25) is 0 Å². The number of para-hydroxylation sites is 2. The van der Waals surface area contributed by atoms with Gasteiger partial charge < -0.3 is 0 Å². The van der Waals surface area contributed by atoms with Crippen LogP contribution in [0.1, 0.15) is 11.1 Å². The summed E-state index contributed by atoms with van der Waals surface area (Å²) < 4.78 is 0. The van der Waals surface area contributed by atoms with E-state index < -0.39 is 5.41 Å². The summed E-state index contributed by atoms with van der Waals surface area (Å²) in [7, 11) is 0.0598. The van der Waals surface area contributed by atoms with Gasteiger partial charge in [-0.15, -0.1) is 0 Å². The second-order valence-corrected chi connectivity index (χ2v) is 10.2. The Hall–Kier alpha value is -3.95. The maximum atomic E-state index is 4.70. The van der Waals surface area contributed by atoms with Crippen LogP contribution in [0.3, 0.4) is 0 Å². The fraction of sp³-hybridized carbons (Fsp3) is 0.0333. The van der Waals surface area contributed by atoms with Crippen molar-refractivity contribution in [2.75, 3.05) is 0 Å². The first-order chi connectivity index (χ1) is 16.4. The highest BCUT2D eigenvalue weighted by atomic mass is 28.2. The van der Waals surface area contributed by atoms with Gasteiger partial charge in [0.15, 0.2) is 0 Å². The van der Waals surface area contributed by atoms with Crippen molar-refractivity contribution in [2.45, 2.75) is 5.41 Å². The second kappa shape index (κ2) is 7.02. The predicted octanol–water partition coefficient (Wildman–Crippen LogP) is 5.07. The average Bonchev–Trinajstić information content (AvgIpc) is 3.27. The zero-order valence-corrected chi connectivity index (χ0v) is 19.1. The third kappa shape index (κ3) is 2.57. The van der Waals surface area contributed by atoms with Crippen molar-refractivity contribution in [3.63, 3.8) is 0 Å². The SMILES string of the molecule is C1=CC(c2ccnc3ccccc23)(c2ccnc3ccccc23)C2=c3ccccc3=[SiH]C2=C1. The Morgan fingerprint density at radius 2 is 1.24 bits per heavy atom. The molecule has 2 aliphatic rings. The summed E-state index contributed by atoms with van der Waals surface area (Å²) in [4.78, 5) is 10.9. The summed E-state index contributed by atoms with van der Waals surface area (Å²) in [6.07, 6.45) is 10.9. The lowest BCUT2D eigenvalue weighted by Crippen LogP contribution is -2.33. The number of allylic oxidation sites excluding steroid dienone is 4. The number of nitrogens with zero attached hydrogens (tertiary/aromatic N) is 2. The molecule has 0 amide bonds. The molecule has 2 aromatic heterocycles. The van der Waals surface area contributed by atoms with Crippen LogP contribution in [-0.2, 0) is 5.41 Å². The lowest BCUT2D eigenvalue weighted by Gasteiger charge is -2.38. The molecule has 1 aliphatic heterocycles. The lowest BCUT2D eigenvalue weighted by atomic mass is 9.65. The summed E-state index contributed by atoms with van der Waals surface area (Å²) in [5, 5.41) is 5.24. The van der Waals surface area contributed by atoms with Crippen LogP contribution >= 0.6 is 0 Å². The molecular formula is C30H20N2Si. The Morgan fingerprint density at radius 3 is 1.94 bits per heavy atom. The van der Waals surface area contributed by atoms with Gasteiger partial charge in [0.1, 0.15) is 0 Å². The van der Waals surface area contributed by atoms with E-state index in [-0.39, 0.29) is 9.13 Å². The summed E-state index contributed by atoms with van der Waals surface area (Å²) in [6, 6.07) is 30.4. The molecule has 7 rings (SSSR count). The van der Waals surface area contributed by atoms with Crippen molar-refractivity contribution < 1.29 is 0 Å². The number of fused-ring (bicyclic) bond motifs is 4. The molecule has 0 radical (unpaired) electrons. The van der Waals surface area contributed by atoms with Crippen LogP contribution in [0.5, 0.6) is 0 Å². The normalized spacial score (nSPS) is 15.8. The number of hydrogen-bond acceptors (Lipinski definition) is 2. The van der Waals surface area contributed by atoms with Gasteiger partial charge in [-0.05, 0) is 56.2 Å². The fourth-order valence-electron chi connectivity index (χ4n) is 5.67. The Labute approximate surface area is 193 Å². The number of aromatic nitrogens is 2. The molecule has 3 heteroatoms. The third-order valence-corrected chi connectivity index (χ3v) is 8.60. The number of rotatable bonds is 2. The molecule has 5 aromatic rings. The molecular weight excluding hydrogens is 416 g/mol. The first-order valence-electron chi connectivity index (χ1n) is 11.3. The molecule has 0 saturated heterocycles. The zero-order valence-electron chi connectivity index (χ0n) is 17.9. The maximum Gasteiger partial charge on any atom is 0.0705 e. The van der Waals surface area contributed by atoms with Gasteiger partial charge in [0.25, 0.3) is 0 Å². The van der Waals surface area contributed by atoms with Crippen LogP contribution in [0.2, 0.25) is 0 Å². The van der Waals surface area contributed by atoms with Crippen LogP contribution in [0.15, 0.2) is 121 Å². The fourth-order valence-corrected chi connectivity index (χ4v) is 7.34. The van der Waals surface area contributed by atoms with Crippen LogP contribution in [0.4, 0.5) is 0 Å². The number of hydrogen-bond donors (Lipinski definition) is 0. The highest BCUT2D eigenvalue weighted by molar-refractivity contribution is 6.45. The van der Waals surface area contributed by atoms with Crippen molar-refractivity contribution in [3.8, 4) is 0 Å². The van der Waals surface area contributed by atoms with Crippen molar-refractivity contribution in [2.24, 2.45) is 0 Å².